The second kappa shape index (κ2) is 6.95. The highest BCUT2D eigenvalue weighted by molar-refractivity contribution is 5.85. The molecule has 1 aliphatic carbocycles. The summed E-state index contributed by atoms with van der Waals surface area (Å²) in [6, 6.07) is -1.02. The van der Waals surface area contributed by atoms with Crippen LogP contribution < -0.4 is 5.32 Å². The molecule has 2 unspecified atom stereocenters. The van der Waals surface area contributed by atoms with Crippen LogP contribution in [0.1, 0.15) is 45.4 Å². The maximum absolute atomic E-state index is 12.7. The molecule has 0 spiro atoms. The summed E-state index contributed by atoms with van der Waals surface area (Å²) in [7, 11) is 0. The molecule has 7 heteroatoms. The zero-order valence-electron chi connectivity index (χ0n) is 11.4. The highest BCUT2D eigenvalue weighted by atomic mass is 19.4. The lowest BCUT2D eigenvalue weighted by Gasteiger charge is -2.30. The predicted molar refractivity (Wildman–Crippen MR) is 66.0 cm³/mol. The van der Waals surface area contributed by atoms with Gasteiger partial charge >= 0.3 is 12.1 Å². The number of carbonyl (C=O) groups excluding carboxylic acids is 1. The van der Waals surface area contributed by atoms with Crippen LogP contribution in [0.25, 0.3) is 0 Å². The molecule has 0 aromatic carbocycles. The van der Waals surface area contributed by atoms with Crippen molar-refractivity contribution >= 4 is 11.9 Å². The van der Waals surface area contributed by atoms with Gasteiger partial charge < -0.3 is 10.4 Å². The van der Waals surface area contributed by atoms with Gasteiger partial charge in [-0.25, -0.2) is 4.79 Å². The lowest BCUT2D eigenvalue weighted by molar-refractivity contribution is -0.186. The molecule has 116 valence electrons. The Morgan fingerprint density at radius 2 is 2.00 bits per heavy atom. The number of nitrogens with one attached hydrogen (secondary N) is 1. The van der Waals surface area contributed by atoms with E-state index in [9.17, 15) is 22.8 Å². The molecule has 20 heavy (non-hydrogen) atoms. The Morgan fingerprint density at radius 1 is 1.35 bits per heavy atom. The monoisotopic (exact) mass is 295 g/mol. The summed E-state index contributed by atoms with van der Waals surface area (Å²) >= 11 is 0. The maximum Gasteiger partial charge on any atom is 0.391 e. The van der Waals surface area contributed by atoms with Gasteiger partial charge in [0.05, 0.1) is 5.92 Å². The number of alkyl halides is 3. The number of hydrogen-bond acceptors (Lipinski definition) is 2. The molecule has 0 aromatic rings. The quantitative estimate of drug-likeness (QED) is 0.819. The van der Waals surface area contributed by atoms with E-state index in [-0.39, 0.29) is 19.3 Å². The van der Waals surface area contributed by atoms with Gasteiger partial charge in [-0.15, -0.1) is 0 Å². The van der Waals surface area contributed by atoms with E-state index < -0.39 is 35.9 Å². The number of carbonyl (C=O) groups is 2. The van der Waals surface area contributed by atoms with Crippen molar-refractivity contribution in [3.63, 3.8) is 0 Å². The van der Waals surface area contributed by atoms with Crippen LogP contribution in [0.2, 0.25) is 0 Å². The van der Waals surface area contributed by atoms with Crippen LogP contribution in [0.15, 0.2) is 0 Å². The summed E-state index contributed by atoms with van der Waals surface area (Å²) < 4.78 is 38.0. The maximum atomic E-state index is 12.7. The standard InChI is InChI=1S/C13H20F3NO3/c1-2-4-10(12(19)20)17-11(18)8-5-3-6-9(7-8)13(14,15)16/h8-10H,2-7H2,1H3,(H,17,18)(H,19,20)/t8?,9?,10-/m1/s1. The summed E-state index contributed by atoms with van der Waals surface area (Å²) in [5.74, 6) is -3.92. The third-order valence-corrected chi connectivity index (χ3v) is 3.70. The van der Waals surface area contributed by atoms with E-state index in [1.165, 1.54) is 0 Å². The minimum absolute atomic E-state index is 0.0462. The minimum atomic E-state index is -4.28. The number of rotatable bonds is 5. The normalized spacial score (nSPS) is 25.0. The SMILES string of the molecule is CCC[C@@H](NC(=O)C1CCCC(C(F)(F)F)C1)C(=O)O. The Kier molecular flexibility index (Phi) is 5.83. The molecule has 0 aromatic heterocycles. The van der Waals surface area contributed by atoms with Gasteiger partial charge in [0, 0.05) is 5.92 Å². The number of aliphatic carboxylic acids is 1. The van der Waals surface area contributed by atoms with E-state index >= 15 is 0 Å². The van der Waals surface area contributed by atoms with Crippen LogP contribution in [0.3, 0.4) is 0 Å². The number of amides is 1. The van der Waals surface area contributed by atoms with Crippen molar-refractivity contribution in [2.24, 2.45) is 11.8 Å². The van der Waals surface area contributed by atoms with Gasteiger partial charge in [-0.3, -0.25) is 4.79 Å². The van der Waals surface area contributed by atoms with Crippen molar-refractivity contribution in [2.45, 2.75) is 57.7 Å². The third kappa shape index (κ3) is 4.68. The van der Waals surface area contributed by atoms with E-state index in [2.05, 4.69) is 5.32 Å². The first-order valence-corrected chi connectivity index (χ1v) is 6.85. The number of hydrogen-bond donors (Lipinski definition) is 2. The van der Waals surface area contributed by atoms with Crippen LogP contribution in [0.4, 0.5) is 13.2 Å². The molecule has 2 N–H and O–H groups in total. The van der Waals surface area contributed by atoms with Crippen molar-refractivity contribution in [3.05, 3.63) is 0 Å². The van der Waals surface area contributed by atoms with Gasteiger partial charge in [-0.1, -0.05) is 19.8 Å². The Morgan fingerprint density at radius 3 is 2.50 bits per heavy atom. The van der Waals surface area contributed by atoms with Gasteiger partial charge in [0.25, 0.3) is 0 Å². The minimum Gasteiger partial charge on any atom is -0.480 e. The first kappa shape index (κ1) is 16.8. The zero-order valence-corrected chi connectivity index (χ0v) is 11.4. The summed E-state index contributed by atoms with van der Waals surface area (Å²) in [5, 5.41) is 11.3. The second-order valence-corrected chi connectivity index (χ2v) is 5.29. The zero-order chi connectivity index (χ0) is 15.3. The molecule has 0 heterocycles. The average Bonchev–Trinajstić information content (AvgIpc) is 2.37. The van der Waals surface area contributed by atoms with Crippen LogP contribution >= 0.6 is 0 Å². The van der Waals surface area contributed by atoms with Crippen LogP contribution in [-0.2, 0) is 9.59 Å². The fourth-order valence-corrected chi connectivity index (χ4v) is 2.56. The van der Waals surface area contributed by atoms with Crippen LogP contribution in [-0.4, -0.2) is 29.2 Å². The Bertz CT molecular complexity index is 357. The number of halogens is 3. The summed E-state index contributed by atoms with van der Waals surface area (Å²) in [6.07, 6.45) is -2.90. The molecular weight excluding hydrogens is 275 g/mol. The molecule has 0 radical (unpaired) electrons. The smallest absolute Gasteiger partial charge is 0.391 e. The van der Waals surface area contributed by atoms with E-state index in [0.29, 0.717) is 19.3 Å². The second-order valence-electron chi connectivity index (χ2n) is 5.29. The van der Waals surface area contributed by atoms with Gasteiger partial charge in [0.15, 0.2) is 0 Å². The lowest BCUT2D eigenvalue weighted by atomic mass is 9.80. The largest absolute Gasteiger partial charge is 0.480 e. The fraction of sp³-hybridized carbons (Fsp3) is 0.846. The van der Waals surface area contributed by atoms with Crippen molar-refractivity contribution in [3.8, 4) is 0 Å². The lowest BCUT2D eigenvalue weighted by Crippen LogP contribution is -2.45. The molecule has 1 rings (SSSR count). The van der Waals surface area contributed by atoms with Crippen molar-refractivity contribution < 1.29 is 27.9 Å². The van der Waals surface area contributed by atoms with E-state index in [1.807, 2.05) is 0 Å². The molecule has 0 saturated heterocycles. The molecule has 4 nitrogen and oxygen atoms in total. The van der Waals surface area contributed by atoms with Crippen molar-refractivity contribution in [1.29, 1.82) is 0 Å². The topological polar surface area (TPSA) is 66.4 Å². The van der Waals surface area contributed by atoms with Crippen molar-refractivity contribution in [1.82, 2.24) is 5.32 Å². The van der Waals surface area contributed by atoms with Crippen LogP contribution in [0, 0.1) is 11.8 Å². The molecule has 0 bridgehead atoms. The Hall–Kier alpha value is -1.27. The first-order chi connectivity index (χ1) is 9.25. The molecule has 1 fully saturated rings. The van der Waals surface area contributed by atoms with Gasteiger partial charge in [-0.2, -0.15) is 13.2 Å². The van der Waals surface area contributed by atoms with E-state index in [1.54, 1.807) is 6.92 Å². The van der Waals surface area contributed by atoms with E-state index in [4.69, 9.17) is 5.11 Å². The van der Waals surface area contributed by atoms with Gasteiger partial charge in [0.2, 0.25) is 5.91 Å². The van der Waals surface area contributed by atoms with Gasteiger partial charge in [0.1, 0.15) is 6.04 Å². The first-order valence-electron chi connectivity index (χ1n) is 6.85. The van der Waals surface area contributed by atoms with E-state index in [0.717, 1.165) is 0 Å². The van der Waals surface area contributed by atoms with Gasteiger partial charge in [-0.05, 0) is 25.7 Å². The van der Waals surface area contributed by atoms with Crippen molar-refractivity contribution in [2.75, 3.05) is 0 Å². The highest BCUT2D eigenvalue weighted by Crippen LogP contribution is 2.39. The number of carboxylic acid groups (broad SMARTS) is 1. The summed E-state index contributed by atoms with van der Waals surface area (Å²) in [5.41, 5.74) is 0. The predicted octanol–water partition coefficient (Wildman–Crippen LogP) is 2.72. The summed E-state index contributed by atoms with van der Waals surface area (Å²) in [6.45, 7) is 1.78. The molecule has 3 atom stereocenters. The third-order valence-electron chi connectivity index (χ3n) is 3.70. The Balaban J connectivity index is 2.60. The average molecular weight is 295 g/mol. The number of carboxylic acids is 1. The molecule has 1 saturated carbocycles. The molecule has 1 amide bonds. The highest BCUT2D eigenvalue weighted by Gasteiger charge is 2.43. The van der Waals surface area contributed by atoms with Crippen LogP contribution in [0.5, 0.6) is 0 Å². The Labute approximate surface area is 115 Å². The molecule has 0 aliphatic heterocycles. The molecular formula is C13H20F3NO3. The summed E-state index contributed by atoms with van der Waals surface area (Å²) in [4.78, 5) is 22.9. The molecule has 1 aliphatic rings. The fourth-order valence-electron chi connectivity index (χ4n) is 2.56.